The van der Waals surface area contributed by atoms with E-state index in [2.05, 4.69) is 10.3 Å². The van der Waals surface area contributed by atoms with E-state index in [-0.39, 0.29) is 5.69 Å². The van der Waals surface area contributed by atoms with Crippen LogP contribution in [0.5, 0.6) is 11.5 Å². The van der Waals surface area contributed by atoms with Gasteiger partial charge in [0.05, 0.1) is 25.1 Å². The average molecular weight is 277 g/mol. The Hall–Kier alpha value is -2.57. The van der Waals surface area contributed by atoms with Crippen molar-refractivity contribution in [1.29, 1.82) is 0 Å². The van der Waals surface area contributed by atoms with Crippen LogP contribution in [0.15, 0.2) is 24.4 Å². The first-order chi connectivity index (χ1) is 9.67. The summed E-state index contributed by atoms with van der Waals surface area (Å²) in [5, 5.41) is 16.5. The van der Waals surface area contributed by atoms with Crippen LogP contribution in [0, 0.1) is 0 Å². The number of aromatic carboxylic acids is 1. The number of benzene rings is 1. The van der Waals surface area contributed by atoms with E-state index in [9.17, 15) is 4.79 Å². The van der Waals surface area contributed by atoms with E-state index in [4.69, 9.17) is 14.6 Å². The summed E-state index contributed by atoms with van der Waals surface area (Å²) < 4.78 is 12.2. The summed E-state index contributed by atoms with van der Waals surface area (Å²) in [5.41, 5.74) is 0.531. The van der Waals surface area contributed by atoms with Gasteiger partial charge in [0.25, 0.3) is 0 Å². The minimum Gasteiger partial charge on any atom is -0.490 e. The van der Waals surface area contributed by atoms with E-state index in [0.29, 0.717) is 30.4 Å². The number of aromatic nitrogens is 3. The monoisotopic (exact) mass is 277 g/mol. The lowest BCUT2D eigenvalue weighted by molar-refractivity contribution is 0.0687. The normalized spacial score (nSPS) is 10.3. The first-order valence-corrected chi connectivity index (χ1v) is 6.21. The van der Waals surface area contributed by atoms with Crippen LogP contribution in [0.25, 0.3) is 5.69 Å². The van der Waals surface area contributed by atoms with Crippen molar-refractivity contribution in [3.8, 4) is 17.2 Å². The Kier molecular flexibility index (Phi) is 4.19. The Bertz CT molecular complexity index is 609. The molecular weight excluding hydrogens is 262 g/mol. The summed E-state index contributed by atoms with van der Waals surface area (Å²) in [6.07, 6.45) is 1.19. The van der Waals surface area contributed by atoms with Crippen LogP contribution in [0.2, 0.25) is 0 Å². The zero-order valence-electron chi connectivity index (χ0n) is 11.2. The fraction of sp³-hybridized carbons (Fsp3) is 0.308. The molecule has 0 radical (unpaired) electrons. The molecule has 0 unspecified atom stereocenters. The summed E-state index contributed by atoms with van der Waals surface area (Å²) in [6.45, 7) is 4.74. The van der Waals surface area contributed by atoms with Crippen molar-refractivity contribution in [3.63, 3.8) is 0 Å². The predicted octanol–water partition coefficient (Wildman–Crippen LogP) is 1.76. The number of carboxylic acid groups (broad SMARTS) is 1. The largest absolute Gasteiger partial charge is 0.490 e. The van der Waals surface area contributed by atoms with Crippen LogP contribution < -0.4 is 9.47 Å². The fourth-order valence-electron chi connectivity index (χ4n) is 1.74. The van der Waals surface area contributed by atoms with E-state index in [1.54, 1.807) is 18.2 Å². The van der Waals surface area contributed by atoms with Crippen molar-refractivity contribution in [2.45, 2.75) is 13.8 Å². The van der Waals surface area contributed by atoms with Crippen molar-refractivity contribution >= 4 is 5.97 Å². The van der Waals surface area contributed by atoms with Crippen molar-refractivity contribution in [2.24, 2.45) is 0 Å². The van der Waals surface area contributed by atoms with Gasteiger partial charge >= 0.3 is 5.97 Å². The van der Waals surface area contributed by atoms with Crippen molar-refractivity contribution in [2.75, 3.05) is 13.2 Å². The topological polar surface area (TPSA) is 86.5 Å². The van der Waals surface area contributed by atoms with Gasteiger partial charge in [-0.2, -0.15) is 0 Å². The number of carboxylic acids is 1. The molecule has 20 heavy (non-hydrogen) atoms. The molecule has 0 spiro atoms. The molecule has 0 fully saturated rings. The van der Waals surface area contributed by atoms with Crippen molar-refractivity contribution in [1.82, 2.24) is 15.0 Å². The minimum atomic E-state index is -1.10. The molecule has 1 aromatic carbocycles. The molecule has 7 heteroatoms. The maximum absolute atomic E-state index is 11.1. The molecule has 0 aliphatic carbocycles. The van der Waals surface area contributed by atoms with Gasteiger partial charge in [0.1, 0.15) is 0 Å². The standard InChI is InChI=1S/C13H15N3O4/c1-3-19-11-6-5-9(7-12(11)20-4-2)16-10(13(17)18)8-14-15-16/h5-8H,3-4H2,1-2H3,(H,17,18). The van der Waals surface area contributed by atoms with Gasteiger partial charge in [-0.25, -0.2) is 9.48 Å². The highest BCUT2D eigenvalue weighted by Crippen LogP contribution is 2.30. The molecule has 1 heterocycles. The van der Waals surface area contributed by atoms with Crippen LogP contribution in [-0.4, -0.2) is 39.3 Å². The van der Waals surface area contributed by atoms with Gasteiger partial charge in [-0.3, -0.25) is 0 Å². The number of hydrogen-bond acceptors (Lipinski definition) is 5. The van der Waals surface area contributed by atoms with Gasteiger partial charge < -0.3 is 14.6 Å². The third kappa shape index (κ3) is 2.71. The minimum absolute atomic E-state index is 0.0170. The SMILES string of the molecule is CCOc1ccc(-n2nncc2C(=O)O)cc1OCC. The molecule has 2 aromatic rings. The molecule has 7 nitrogen and oxygen atoms in total. The number of hydrogen-bond donors (Lipinski definition) is 1. The zero-order valence-corrected chi connectivity index (χ0v) is 11.2. The third-order valence-electron chi connectivity index (χ3n) is 2.54. The molecule has 0 saturated heterocycles. The molecule has 1 aromatic heterocycles. The molecule has 0 saturated carbocycles. The molecule has 0 bridgehead atoms. The summed E-state index contributed by atoms with van der Waals surface area (Å²) in [7, 11) is 0. The maximum atomic E-state index is 11.1. The van der Waals surface area contributed by atoms with Gasteiger partial charge in [0.2, 0.25) is 0 Å². The predicted molar refractivity (Wildman–Crippen MR) is 70.7 cm³/mol. The van der Waals surface area contributed by atoms with E-state index < -0.39 is 5.97 Å². The van der Waals surface area contributed by atoms with Gasteiger partial charge in [-0.1, -0.05) is 5.21 Å². The number of carbonyl (C=O) groups is 1. The van der Waals surface area contributed by atoms with Crippen LogP contribution >= 0.6 is 0 Å². The molecule has 2 rings (SSSR count). The molecular formula is C13H15N3O4. The second kappa shape index (κ2) is 6.05. The Morgan fingerprint density at radius 2 is 1.95 bits per heavy atom. The van der Waals surface area contributed by atoms with Gasteiger partial charge in [0, 0.05) is 6.07 Å². The van der Waals surface area contributed by atoms with E-state index in [0.717, 1.165) is 0 Å². The highest BCUT2D eigenvalue weighted by Gasteiger charge is 2.15. The molecule has 0 atom stereocenters. The summed E-state index contributed by atoms with van der Waals surface area (Å²) in [5.74, 6) is 0.0515. The van der Waals surface area contributed by atoms with E-state index >= 15 is 0 Å². The number of rotatable bonds is 6. The van der Waals surface area contributed by atoms with Crippen LogP contribution in [0.3, 0.4) is 0 Å². The van der Waals surface area contributed by atoms with Crippen LogP contribution in [-0.2, 0) is 0 Å². The molecule has 0 aliphatic heterocycles. The second-order valence-corrected chi connectivity index (χ2v) is 3.83. The van der Waals surface area contributed by atoms with E-state index in [1.165, 1.54) is 10.9 Å². The fourth-order valence-corrected chi connectivity index (χ4v) is 1.74. The Morgan fingerprint density at radius 3 is 2.60 bits per heavy atom. The lowest BCUT2D eigenvalue weighted by Gasteiger charge is -2.12. The first-order valence-electron chi connectivity index (χ1n) is 6.21. The molecule has 0 amide bonds. The summed E-state index contributed by atoms with van der Waals surface area (Å²) in [4.78, 5) is 11.1. The summed E-state index contributed by atoms with van der Waals surface area (Å²) in [6, 6.07) is 5.10. The lowest BCUT2D eigenvalue weighted by atomic mass is 10.2. The molecule has 106 valence electrons. The number of nitrogens with zero attached hydrogens (tertiary/aromatic N) is 3. The first kappa shape index (κ1) is 13.9. The van der Waals surface area contributed by atoms with Gasteiger partial charge in [-0.05, 0) is 26.0 Å². The smallest absolute Gasteiger partial charge is 0.356 e. The maximum Gasteiger partial charge on any atom is 0.356 e. The summed E-state index contributed by atoms with van der Waals surface area (Å²) >= 11 is 0. The quantitative estimate of drug-likeness (QED) is 0.865. The van der Waals surface area contributed by atoms with E-state index in [1.807, 2.05) is 13.8 Å². The molecule has 1 N–H and O–H groups in total. The lowest BCUT2D eigenvalue weighted by Crippen LogP contribution is -2.08. The van der Waals surface area contributed by atoms with Crippen molar-refractivity contribution in [3.05, 3.63) is 30.1 Å². The second-order valence-electron chi connectivity index (χ2n) is 3.83. The molecule has 0 aliphatic rings. The highest BCUT2D eigenvalue weighted by atomic mass is 16.5. The van der Waals surface area contributed by atoms with Crippen molar-refractivity contribution < 1.29 is 19.4 Å². The highest BCUT2D eigenvalue weighted by molar-refractivity contribution is 5.85. The Labute approximate surface area is 115 Å². The number of ether oxygens (including phenoxy) is 2. The van der Waals surface area contributed by atoms with Crippen LogP contribution in [0.4, 0.5) is 0 Å². The zero-order chi connectivity index (χ0) is 14.5. The Balaban J connectivity index is 2.44. The average Bonchev–Trinajstić information content (AvgIpc) is 2.91. The van der Waals surface area contributed by atoms with Gasteiger partial charge in [-0.15, -0.1) is 5.10 Å². The van der Waals surface area contributed by atoms with Gasteiger partial charge in [0.15, 0.2) is 17.2 Å². The van der Waals surface area contributed by atoms with Crippen LogP contribution in [0.1, 0.15) is 24.3 Å². The Morgan fingerprint density at radius 1 is 1.25 bits per heavy atom. The third-order valence-corrected chi connectivity index (χ3v) is 2.54.